The number of hydrogen-bond acceptors (Lipinski definition) is 8. The number of ketones is 1. The Bertz CT molecular complexity index is 1650. The molecule has 0 aromatic carbocycles. The molecule has 4 aromatic rings. The first-order valence-corrected chi connectivity index (χ1v) is 10.7. The van der Waals surface area contributed by atoms with Gasteiger partial charge in [0.25, 0.3) is 5.56 Å². The third kappa shape index (κ3) is 5.00. The third-order valence-electron chi connectivity index (χ3n) is 5.33. The number of imidazole rings is 1. The molecule has 37 heavy (non-hydrogen) atoms. The topological polar surface area (TPSA) is 147 Å². The van der Waals surface area contributed by atoms with E-state index in [-0.39, 0.29) is 40.7 Å². The quantitative estimate of drug-likeness (QED) is 0.404. The van der Waals surface area contributed by atoms with E-state index in [9.17, 15) is 32.3 Å². The molecule has 0 aliphatic carbocycles. The van der Waals surface area contributed by atoms with Crippen molar-refractivity contribution in [2.75, 3.05) is 5.32 Å². The number of pyridine rings is 1. The van der Waals surface area contributed by atoms with Crippen LogP contribution in [0.5, 0.6) is 0 Å². The number of nitrogens with one attached hydrogen (secondary N) is 1. The third-order valence-corrected chi connectivity index (χ3v) is 5.33. The second kappa shape index (κ2) is 9.40. The highest BCUT2D eigenvalue weighted by Crippen LogP contribution is 2.27. The zero-order chi connectivity index (χ0) is 27.1. The minimum Gasteiger partial charge on any atom is -0.313 e. The standard InChI is InChI=1S/C22H19F3N8O4/c1-11(34)9-33-20(36)18-19(31(3)21(33)37)28-12(2)32(18)10-17(35)30-16-6-4-5-13(29-16)14-7-27-15(8-26-14)22(23,24)25/h4-8H,9-10H2,1-3H3,(H,29,30,35). The van der Waals surface area contributed by atoms with E-state index in [0.29, 0.717) is 6.20 Å². The molecule has 0 radical (unpaired) electrons. The number of anilines is 1. The van der Waals surface area contributed by atoms with Crippen LogP contribution in [0.1, 0.15) is 18.4 Å². The average molecular weight is 516 g/mol. The lowest BCUT2D eigenvalue weighted by molar-refractivity contribution is -0.141. The van der Waals surface area contributed by atoms with Gasteiger partial charge in [0.05, 0.1) is 24.6 Å². The highest BCUT2D eigenvalue weighted by Gasteiger charge is 2.32. The van der Waals surface area contributed by atoms with Crippen LogP contribution >= 0.6 is 0 Å². The van der Waals surface area contributed by atoms with Gasteiger partial charge in [-0.3, -0.25) is 28.5 Å². The summed E-state index contributed by atoms with van der Waals surface area (Å²) in [4.78, 5) is 65.4. The van der Waals surface area contributed by atoms with Crippen LogP contribution in [0.15, 0.2) is 40.2 Å². The summed E-state index contributed by atoms with van der Waals surface area (Å²) in [6.07, 6.45) is -3.12. The molecule has 15 heteroatoms. The van der Waals surface area contributed by atoms with Crippen molar-refractivity contribution in [1.82, 2.24) is 33.6 Å². The lowest BCUT2D eigenvalue weighted by Crippen LogP contribution is -2.41. The van der Waals surface area contributed by atoms with E-state index < -0.39 is 41.4 Å². The number of aromatic nitrogens is 7. The zero-order valence-electron chi connectivity index (χ0n) is 19.7. The van der Waals surface area contributed by atoms with Gasteiger partial charge in [0.15, 0.2) is 16.9 Å². The number of fused-ring (bicyclic) bond motifs is 1. The molecule has 1 N–H and O–H groups in total. The SMILES string of the molecule is CC(=O)Cn1c(=O)c2c(nc(C)n2CC(=O)Nc2cccc(-c3cnc(C(F)(F)F)cn3)n2)n(C)c1=O. The number of hydrogen-bond donors (Lipinski definition) is 1. The normalized spacial score (nSPS) is 11.6. The fourth-order valence-electron chi connectivity index (χ4n) is 3.62. The molecular weight excluding hydrogens is 497 g/mol. The molecule has 0 aliphatic rings. The Balaban J connectivity index is 1.62. The Kier molecular flexibility index (Phi) is 6.46. The van der Waals surface area contributed by atoms with Crippen LogP contribution in [0.4, 0.5) is 19.0 Å². The maximum Gasteiger partial charge on any atom is 0.434 e. The summed E-state index contributed by atoms with van der Waals surface area (Å²) in [6, 6.07) is 4.46. The Labute approximate surface area is 205 Å². The molecule has 0 saturated carbocycles. The zero-order valence-corrected chi connectivity index (χ0v) is 19.7. The van der Waals surface area contributed by atoms with Crippen molar-refractivity contribution in [2.24, 2.45) is 7.05 Å². The summed E-state index contributed by atoms with van der Waals surface area (Å²) in [5.41, 5.74) is -2.36. The maximum atomic E-state index is 13.0. The van der Waals surface area contributed by atoms with E-state index in [1.165, 1.54) is 36.7 Å². The molecule has 0 spiro atoms. The molecule has 12 nitrogen and oxygen atoms in total. The van der Waals surface area contributed by atoms with Gasteiger partial charge in [-0.25, -0.2) is 19.7 Å². The summed E-state index contributed by atoms with van der Waals surface area (Å²) in [5.74, 6) is -0.646. The van der Waals surface area contributed by atoms with Crippen molar-refractivity contribution in [1.29, 1.82) is 0 Å². The van der Waals surface area contributed by atoms with Crippen LogP contribution < -0.4 is 16.6 Å². The lowest BCUT2D eigenvalue weighted by Gasteiger charge is -2.10. The van der Waals surface area contributed by atoms with Crippen molar-refractivity contribution >= 4 is 28.7 Å². The minimum absolute atomic E-state index is 0.0299. The number of nitrogens with zero attached hydrogens (tertiary/aromatic N) is 7. The second-order valence-corrected chi connectivity index (χ2v) is 8.09. The molecule has 192 valence electrons. The van der Waals surface area contributed by atoms with Crippen LogP contribution in [0.25, 0.3) is 22.6 Å². The van der Waals surface area contributed by atoms with E-state index >= 15 is 0 Å². The number of carbonyl (C=O) groups excluding carboxylic acids is 2. The average Bonchev–Trinajstić information content (AvgIpc) is 3.16. The lowest BCUT2D eigenvalue weighted by atomic mass is 10.2. The highest BCUT2D eigenvalue weighted by atomic mass is 19.4. The van der Waals surface area contributed by atoms with E-state index in [0.717, 1.165) is 15.3 Å². The van der Waals surface area contributed by atoms with Gasteiger partial charge in [0, 0.05) is 7.05 Å². The molecule has 0 unspecified atom stereocenters. The van der Waals surface area contributed by atoms with E-state index in [1.807, 2.05) is 0 Å². The smallest absolute Gasteiger partial charge is 0.313 e. The van der Waals surface area contributed by atoms with Crippen molar-refractivity contribution in [3.05, 3.63) is 62.9 Å². The molecule has 0 saturated heterocycles. The van der Waals surface area contributed by atoms with Crippen LogP contribution in [0, 0.1) is 6.92 Å². The first-order chi connectivity index (χ1) is 17.4. The fourth-order valence-corrected chi connectivity index (χ4v) is 3.62. The molecule has 4 rings (SSSR count). The minimum atomic E-state index is -4.63. The first-order valence-electron chi connectivity index (χ1n) is 10.7. The number of rotatable bonds is 6. The summed E-state index contributed by atoms with van der Waals surface area (Å²) in [5, 5.41) is 2.55. The molecular formula is C22H19F3N8O4. The fraction of sp³-hybridized carbons (Fsp3) is 0.273. The predicted octanol–water partition coefficient (Wildman–Crippen LogP) is 1.30. The number of carbonyl (C=O) groups is 2. The highest BCUT2D eigenvalue weighted by molar-refractivity contribution is 5.91. The number of alkyl halides is 3. The monoisotopic (exact) mass is 516 g/mol. The molecule has 1 amide bonds. The number of aryl methyl sites for hydroxylation is 2. The van der Waals surface area contributed by atoms with Crippen LogP contribution in [-0.2, 0) is 35.9 Å². The Morgan fingerprint density at radius 2 is 1.73 bits per heavy atom. The predicted molar refractivity (Wildman–Crippen MR) is 124 cm³/mol. The number of Topliss-reactive ketones (excluding diaryl/α,β-unsaturated/α-hetero) is 1. The summed E-state index contributed by atoms with van der Waals surface area (Å²) < 4.78 is 41.4. The van der Waals surface area contributed by atoms with Crippen molar-refractivity contribution in [2.45, 2.75) is 33.1 Å². The van der Waals surface area contributed by atoms with Gasteiger partial charge in [-0.2, -0.15) is 13.2 Å². The maximum absolute atomic E-state index is 13.0. The molecule has 0 bridgehead atoms. The van der Waals surface area contributed by atoms with E-state index in [2.05, 4.69) is 25.3 Å². The van der Waals surface area contributed by atoms with Gasteiger partial charge in [-0.15, -0.1) is 0 Å². The van der Waals surface area contributed by atoms with E-state index in [1.54, 1.807) is 6.92 Å². The Morgan fingerprint density at radius 1 is 1.00 bits per heavy atom. The van der Waals surface area contributed by atoms with Gasteiger partial charge in [0.1, 0.15) is 29.7 Å². The van der Waals surface area contributed by atoms with Crippen LogP contribution in [-0.4, -0.2) is 45.3 Å². The summed E-state index contributed by atoms with van der Waals surface area (Å²) in [7, 11) is 1.40. The largest absolute Gasteiger partial charge is 0.434 e. The van der Waals surface area contributed by atoms with Crippen molar-refractivity contribution < 1.29 is 22.8 Å². The van der Waals surface area contributed by atoms with Gasteiger partial charge in [-0.05, 0) is 26.0 Å². The van der Waals surface area contributed by atoms with Gasteiger partial charge >= 0.3 is 11.9 Å². The van der Waals surface area contributed by atoms with Gasteiger partial charge in [0.2, 0.25) is 5.91 Å². The molecule has 4 aromatic heterocycles. The van der Waals surface area contributed by atoms with Crippen molar-refractivity contribution in [3.8, 4) is 11.4 Å². The number of amides is 1. The Morgan fingerprint density at radius 3 is 2.35 bits per heavy atom. The number of halogens is 3. The second-order valence-electron chi connectivity index (χ2n) is 8.09. The molecule has 0 atom stereocenters. The Hall–Kier alpha value is -4.69. The molecule has 0 fully saturated rings. The first kappa shape index (κ1) is 25.4. The van der Waals surface area contributed by atoms with Crippen LogP contribution in [0.3, 0.4) is 0 Å². The summed E-state index contributed by atoms with van der Waals surface area (Å²) >= 11 is 0. The van der Waals surface area contributed by atoms with Gasteiger partial charge < -0.3 is 9.88 Å². The van der Waals surface area contributed by atoms with Crippen LogP contribution in [0.2, 0.25) is 0 Å². The molecule has 4 heterocycles. The van der Waals surface area contributed by atoms with E-state index in [4.69, 9.17) is 0 Å². The molecule has 0 aliphatic heterocycles. The van der Waals surface area contributed by atoms with Crippen molar-refractivity contribution in [3.63, 3.8) is 0 Å². The summed E-state index contributed by atoms with van der Waals surface area (Å²) in [6.45, 7) is 1.99. The van der Waals surface area contributed by atoms with Gasteiger partial charge in [-0.1, -0.05) is 6.07 Å².